The van der Waals surface area contributed by atoms with Crippen LogP contribution in [0.25, 0.3) is 0 Å². The van der Waals surface area contributed by atoms with Crippen LogP contribution in [-0.4, -0.2) is 40.8 Å². The smallest absolute Gasteiger partial charge is 0.450 e. The zero-order valence-electron chi connectivity index (χ0n) is 19.2. The monoisotopic (exact) mass is 490 g/mol. The zero-order chi connectivity index (χ0) is 27.0. The van der Waals surface area contributed by atoms with Crippen molar-refractivity contribution in [2.24, 2.45) is 11.1 Å². The number of hydrogen-bond acceptors (Lipinski definition) is 6. The summed E-state index contributed by atoms with van der Waals surface area (Å²) in [6, 6.07) is 0.454. The van der Waals surface area contributed by atoms with Gasteiger partial charge in [-0.2, -0.15) is 26.3 Å². The minimum absolute atomic E-state index is 0.0299. The number of nitrogens with one attached hydrogen (secondary N) is 2. The first-order valence-corrected chi connectivity index (χ1v) is 9.13. The van der Waals surface area contributed by atoms with Gasteiger partial charge in [-0.05, 0) is 0 Å². The zero-order valence-corrected chi connectivity index (χ0v) is 19.2. The van der Waals surface area contributed by atoms with Gasteiger partial charge in [0.1, 0.15) is 12.2 Å². The lowest BCUT2D eigenvalue weighted by Gasteiger charge is -2.18. The van der Waals surface area contributed by atoms with E-state index in [2.05, 4.69) is 14.7 Å². The lowest BCUT2D eigenvalue weighted by Crippen LogP contribution is -2.27. The molecule has 0 unspecified atom stereocenters. The molecule has 0 fully saturated rings. The second kappa shape index (κ2) is 11.8. The Morgan fingerprint density at radius 2 is 1.48 bits per heavy atom. The number of aromatic nitrogens is 2. The van der Waals surface area contributed by atoms with Crippen LogP contribution in [0.3, 0.4) is 0 Å². The number of ether oxygens (including phenoxy) is 1. The fourth-order valence-corrected chi connectivity index (χ4v) is 1.26. The van der Waals surface area contributed by atoms with Gasteiger partial charge in [0.05, 0.1) is 12.9 Å². The van der Waals surface area contributed by atoms with Gasteiger partial charge in [-0.1, -0.05) is 41.5 Å². The molecule has 4 N–H and O–H groups in total. The topological polar surface area (TPSA) is 139 Å². The van der Waals surface area contributed by atoms with Gasteiger partial charge in [0.25, 0.3) is 5.56 Å². The van der Waals surface area contributed by atoms with Crippen LogP contribution in [0.1, 0.15) is 59.5 Å². The second-order valence-electron chi connectivity index (χ2n) is 8.56. The van der Waals surface area contributed by atoms with Crippen molar-refractivity contribution in [2.45, 2.75) is 65.7 Å². The first-order valence-electron chi connectivity index (χ1n) is 9.13. The van der Waals surface area contributed by atoms with E-state index in [-0.39, 0.29) is 17.1 Å². The van der Waals surface area contributed by atoms with E-state index in [1.165, 1.54) is 0 Å². The van der Waals surface area contributed by atoms with Crippen LogP contribution in [0.4, 0.5) is 26.3 Å². The highest BCUT2D eigenvalue weighted by molar-refractivity contribution is 5.98. The van der Waals surface area contributed by atoms with E-state index in [1.54, 1.807) is 20.8 Å². The largest absolute Gasteiger partial charge is 0.469 e. The lowest BCUT2D eigenvalue weighted by molar-refractivity contribution is -0.174. The second-order valence-corrected chi connectivity index (χ2v) is 8.56. The summed E-state index contributed by atoms with van der Waals surface area (Å²) in [5, 5.41) is 6.92. The number of carbonyl (C=O) groups is 2. The average molecular weight is 490 g/mol. The molecule has 1 rings (SSSR count). The van der Waals surface area contributed by atoms with E-state index in [0.29, 0.717) is 6.07 Å². The van der Waals surface area contributed by atoms with Crippen molar-refractivity contribution < 1.29 is 40.7 Å². The van der Waals surface area contributed by atoms with Crippen LogP contribution < -0.4 is 11.3 Å². The number of amidine groups is 1. The Kier molecular flexibility index (Phi) is 11.5. The third-order valence-electron chi connectivity index (χ3n) is 3.40. The van der Waals surface area contributed by atoms with Crippen molar-refractivity contribution >= 4 is 17.6 Å². The van der Waals surface area contributed by atoms with Gasteiger partial charge < -0.3 is 15.5 Å². The van der Waals surface area contributed by atoms with Crippen molar-refractivity contribution in [1.82, 2.24) is 9.97 Å². The Labute approximate surface area is 186 Å². The Morgan fingerprint density at radius 1 is 1.06 bits per heavy atom. The Hall–Kier alpha value is -2.93. The highest BCUT2D eigenvalue weighted by Gasteiger charge is 2.39. The minimum atomic E-state index is -4.95. The van der Waals surface area contributed by atoms with E-state index in [9.17, 15) is 40.7 Å². The standard InChI is InChI=1S/C9H11F3N2O.C5H5F3O3.C5H12N2/c1-8(2,3)7-13-5(9(10,11)12)4-6(15)14-7;1-11-4(10)2-3(9)5(6,7)8;1-5(2,3)4(6)7/h4H,1-3H3,(H,13,14,15);2H2,1H3;1-3H3,(H3,6,7). The summed E-state index contributed by atoms with van der Waals surface area (Å²) in [4.78, 5) is 36.8. The van der Waals surface area contributed by atoms with Crippen LogP contribution in [0.15, 0.2) is 10.9 Å². The molecule has 0 saturated heterocycles. The highest BCUT2D eigenvalue weighted by atomic mass is 19.4. The van der Waals surface area contributed by atoms with Crippen molar-refractivity contribution in [3.8, 4) is 0 Å². The summed E-state index contributed by atoms with van der Waals surface area (Å²) in [6.45, 7) is 10.8. The third kappa shape index (κ3) is 14.0. The van der Waals surface area contributed by atoms with Gasteiger partial charge in [0.2, 0.25) is 5.78 Å². The first kappa shape index (κ1) is 32.3. The number of aromatic amines is 1. The molecule has 1 heterocycles. The van der Waals surface area contributed by atoms with Crippen molar-refractivity contribution in [2.75, 3.05) is 7.11 Å². The van der Waals surface area contributed by atoms with E-state index >= 15 is 0 Å². The number of hydrogen-bond donors (Lipinski definition) is 3. The molecule has 0 aliphatic carbocycles. The predicted molar refractivity (Wildman–Crippen MR) is 108 cm³/mol. The lowest BCUT2D eigenvalue weighted by atomic mass is 9.95. The maximum absolute atomic E-state index is 12.3. The molecule has 0 atom stereocenters. The molecule has 0 aliphatic rings. The molecule has 0 radical (unpaired) electrons. The van der Waals surface area contributed by atoms with Gasteiger partial charge in [-0.25, -0.2) is 4.98 Å². The summed E-state index contributed by atoms with van der Waals surface area (Å²) < 4.78 is 75.0. The van der Waals surface area contributed by atoms with Crippen molar-refractivity contribution in [1.29, 1.82) is 5.41 Å². The number of ketones is 1. The van der Waals surface area contributed by atoms with E-state index in [4.69, 9.17) is 11.1 Å². The maximum atomic E-state index is 12.3. The molecule has 1 aromatic heterocycles. The Morgan fingerprint density at radius 3 is 1.76 bits per heavy atom. The first-order chi connectivity index (χ1) is 14.4. The van der Waals surface area contributed by atoms with E-state index in [0.717, 1.165) is 7.11 Å². The molecule has 0 aliphatic heterocycles. The van der Waals surface area contributed by atoms with Crippen LogP contribution in [0.5, 0.6) is 0 Å². The molecule has 190 valence electrons. The maximum Gasteiger partial charge on any atom is 0.450 e. The van der Waals surface area contributed by atoms with E-state index in [1.807, 2.05) is 20.8 Å². The Balaban J connectivity index is 0. The number of nitrogens with two attached hydrogens (primary N) is 1. The average Bonchev–Trinajstić information content (AvgIpc) is 2.59. The predicted octanol–water partition coefficient (Wildman–Crippen LogP) is 3.74. The quantitative estimate of drug-likeness (QED) is 0.190. The number of halogens is 6. The number of H-pyrrole nitrogens is 1. The molecule has 8 nitrogen and oxygen atoms in total. The number of Topliss-reactive ketones (excluding diaryl/α,β-unsaturated/α-hetero) is 1. The fraction of sp³-hybridized carbons (Fsp3) is 0.632. The summed E-state index contributed by atoms with van der Waals surface area (Å²) in [5.41, 5.74) is 2.44. The molecule has 1 aromatic rings. The fourth-order valence-electron chi connectivity index (χ4n) is 1.26. The number of methoxy groups -OCH3 is 1. The van der Waals surface area contributed by atoms with Crippen LogP contribution in [0.2, 0.25) is 0 Å². The van der Waals surface area contributed by atoms with Gasteiger partial charge in [0.15, 0.2) is 5.69 Å². The van der Waals surface area contributed by atoms with Gasteiger partial charge in [0, 0.05) is 16.9 Å². The van der Waals surface area contributed by atoms with Gasteiger partial charge in [-0.15, -0.1) is 0 Å². The molecule has 0 bridgehead atoms. The number of carbonyl (C=O) groups excluding carboxylic acids is 2. The number of alkyl halides is 6. The summed E-state index contributed by atoms with van der Waals surface area (Å²) in [7, 11) is 0.909. The van der Waals surface area contributed by atoms with Crippen LogP contribution in [0, 0.1) is 10.8 Å². The molecular formula is C19H28F6N4O4. The molecule has 0 amide bonds. The van der Waals surface area contributed by atoms with E-state index < -0.39 is 47.2 Å². The molecule has 14 heteroatoms. The molecular weight excluding hydrogens is 462 g/mol. The van der Waals surface area contributed by atoms with Crippen LogP contribution in [-0.2, 0) is 25.9 Å². The molecule has 0 spiro atoms. The molecule has 0 aromatic carbocycles. The SMILES string of the molecule is CC(C)(C)C(=N)N.CC(C)(C)c1nc(C(F)(F)F)cc(=O)[nH]1.COC(=O)CC(=O)C(F)(F)F. The number of esters is 1. The van der Waals surface area contributed by atoms with Crippen molar-refractivity contribution in [3.05, 3.63) is 27.9 Å². The molecule has 0 saturated carbocycles. The van der Waals surface area contributed by atoms with Crippen LogP contribution >= 0.6 is 0 Å². The van der Waals surface area contributed by atoms with Gasteiger partial charge >= 0.3 is 18.3 Å². The minimum Gasteiger partial charge on any atom is -0.469 e. The summed E-state index contributed by atoms with van der Waals surface area (Å²) in [6.07, 6.45) is -10.8. The van der Waals surface area contributed by atoms with Gasteiger partial charge in [-0.3, -0.25) is 19.8 Å². The molecule has 33 heavy (non-hydrogen) atoms. The summed E-state index contributed by atoms with van der Waals surface area (Å²) in [5.74, 6) is -3.01. The van der Waals surface area contributed by atoms with Crippen molar-refractivity contribution in [3.63, 3.8) is 0 Å². The normalized spacial score (nSPS) is 11.9. The summed E-state index contributed by atoms with van der Waals surface area (Å²) >= 11 is 0. The Bertz CT molecular complexity index is 843. The highest BCUT2D eigenvalue weighted by Crippen LogP contribution is 2.28. The number of rotatable bonds is 2. The third-order valence-corrected chi connectivity index (χ3v) is 3.40. The number of nitrogens with zero attached hydrogens (tertiary/aromatic N) is 1.